The Morgan fingerprint density at radius 1 is 1.06 bits per heavy atom. The second-order valence-electron chi connectivity index (χ2n) is 8.08. The molecular formula is C29H26O3S. The molecule has 4 aromatic rings. The van der Waals surface area contributed by atoms with E-state index < -0.39 is 5.97 Å². The van der Waals surface area contributed by atoms with Crippen LogP contribution in [0.3, 0.4) is 0 Å². The zero-order valence-corrected chi connectivity index (χ0v) is 19.8. The van der Waals surface area contributed by atoms with Gasteiger partial charge in [0.1, 0.15) is 12.4 Å². The average Bonchev–Trinajstić information content (AvgIpc) is 3.13. The highest BCUT2D eigenvalue weighted by molar-refractivity contribution is 7.19. The first-order valence-corrected chi connectivity index (χ1v) is 11.7. The van der Waals surface area contributed by atoms with Crippen LogP contribution in [0.25, 0.3) is 21.2 Å². The smallest absolute Gasteiger partial charge is 0.304 e. The second kappa shape index (κ2) is 9.94. The maximum atomic E-state index is 11.1. The molecule has 1 aromatic heterocycles. The van der Waals surface area contributed by atoms with Gasteiger partial charge in [0.15, 0.2) is 0 Å². The number of carbonyl (C=O) groups is 1. The Bertz CT molecular complexity index is 1350. The first-order valence-electron chi connectivity index (χ1n) is 10.9. The van der Waals surface area contributed by atoms with Crippen LogP contribution in [-0.2, 0) is 11.4 Å². The minimum absolute atomic E-state index is 0.00959. The quantitative estimate of drug-likeness (QED) is 0.297. The van der Waals surface area contributed by atoms with E-state index in [2.05, 4.69) is 68.2 Å². The van der Waals surface area contributed by atoms with Gasteiger partial charge in [0, 0.05) is 20.5 Å². The SMILES string of the molecule is CC#C[C@@H](CC(=O)O)c1ccc(OCc2ccc3sc(C)c(-c4ccccc4C)c3c2)cc1. The van der Waals surface area contributed by atoms with E-state index in [0.717, 1.165) is 16.9 Å². The fourth-order valence-corrected chi connectivity index (χ4v) is 5.17. The van der Waals surface area contributed by atoms with E-state index in [1.807, 2.05) is 35.6 Å². The van der Waals surface area contributed by atoms with Gasteiger partial charge in [0.25, 0.3) is 0 Å². The largest absolute Gasteiger partial charge is 0.489 e. The van der Waals surface area contributed by atoms with Crippen LogP contribution in [0.4, 0.5) is 0 Å². The minimum atomic E-state index is -0.854. The highest BCUT2D eigenvalue weighted by Crippen LogP contribution is 2.40. The summed E-state index contributed by atoms with van der Waals surface area (Å²) in [4.78, 5) is 12.4. The van der Waals surface area contributed by atoms with Crippen LogP contribution in [0.1, 0.15) is 40.8 Å². The lowest BCUT2D eigenvalue weighted by Crippen LogP contribution is -2.04. The van der Waals surface area contributed by atoms with Crippen LogP contribution in [0.5, 0.6) is 5.75 Å². The van der Waals surface area contributed by atoms with Crippen LogP contribution in [0.2, 0.25) is 0 Å². The van der Waals surface area contributed by atoms with Crippen molar-refractivity contribution in [2.75, 3.05) is 0 Å². The molecule has 0 radical (unpaired) electrons. The number of hydrogen-bond donors (Lipinski definition) is 1. The molecule has 0 aliphatic carbocycles. The van der Waals surface area contributed by atoms with Gasteiger partial charge in [-0.3, -0.25) is 4.79 Å². The molecule has 1 atom stereocenters. The first kappa shape index (κ1) is 22.6. The van der Waals surface area contributed by atoms with Crippen LogP contribution >= 0.6 is 11.3 Å². The molecule has 0 fully saturated rings. The van der Waals surface area contributed by atoms with Crippen molar-refractivity contribution in [2.45, 2.75) is 39.7 Å². The Hall–Kier alpha value is -3.55. The molecule has 33 heavy (non-hydrogen) atoms. The molecule has 1 N–H and O–H groups in total. The fourth-order valence-electron chi connectivity index (χ4n) is 4.11. The van der Waals surface area contributed by atoms with Crippen molar-refractivity contribution >= 4 is 27.4 Å². The van der Waals surface area contributed by atoms with Gasteiger partial charge < -0.3 is 9.84 Å². The van der Waals surface area contributed by atoms with Gasteiger partial charge in [0.05, 0.1) is 12.3 Å². The zero-order valence-electron chi connectivity index (χ0n) is 19.0. The molecule has 3 aromatic carbocycles. The summed E-state index contributed by atoms with van der Waals surface area (Å²) in [7, 11) is 0. The lowest BCUT2D eigenvalue weighted by atomic mass is 9.96. The summed E-state index contributed by atoms with van der Waals surface area (Å²) in [6, 6.07) is 22.6. The van der Waals surface area contributed by atoms with Gasteiger partial charge >= 0.3 is 5.97 Å². The molecule has 0 saturated carbocycles. The highest BCUT2D eigenvalue weighted by Gasteiger charge is 2.15. The van der Waals surface area contributed by atoms with E-state index in [1.165, 1.54) is 31.7 Å². The number of fused-ring (bicyclic) bond motifs is 1. The summed E-state index contributed by atoms with van der Waals surface area (Å²) >= 11 is 1.82. The van der Waals surface area contributed by atoms with Gasteiger partial charge in [-0.2, -0.15) is 0 Å². The highest BCUT2D eigenvalue weighted by atomic mass is 32.1. The number of benzene rings is 3. The van der Waals surface area contributed by atoms with E-state index in [0.29, 0.717) is 6.61 Å². The molecule has 0 aliphatic heterocycles. The number of aryl methyl sites for hydroxylation is 2. The summed E-state index contributed by atoms with van der Waals surface area (Å²) in [5, 5.41) is 10.4. The third kappa shape index (κ3) is 5.10. The van der Waals surface area contributed by atoms with Crippen molar-refractivity contribution in [3.05, 3.63) is 88.3 Å². The Labute approximate surface area is 198 Å². The van der Waals surface area contributed by atoms with Crippen LogP contribution < -0.4 is 4.74 Å². The molecule has 3 nitrogen and oxygen atoms in total. The Balaban J connectivity index is 1.54. The first-order chi connectivity index (χ1) is 16.0. The second-order valence-corrected chi connectivity index (χ2v) is 9.34. The van der Waals surface area contributed by atoms with Gasteiger partial charge in [-0.15, -0.1) is 17.3 Å². The molecule has 0 aliphatic rings. The number of thiophene rings is 1. The molecule has 0 bridgehead atoms. The monoisotopic (exact) mass is 454 g/mol. The summed E-state index contributed by atoms with van der Waals surface area (Å²) in [6.45, 7) is 6.53. The number of carboxylic acids is 1. The molecule has 0 amide bonds. The predicted molar refractivity (Wildman–Crippen MR) is 136 cm³/mol. The molecule has 4 rings (SSSR count). The molecule has 0 unspecified atom stereocenters. The standard InChI is InChI=1S/C29H26O3S/c1-4-7-23(17-28(30)31)22-11-13-24(14-12-22)32-18-21-10-15-27-26(16-21)29(20(3)33-27)25-9-6-5-8-19(25)2/h5-6,8-16,23H,17-18H2,1-3H3,(H,30,31)/t23-/m0/s1. The third-order valence-electron chi connectivity index (χ3n) is 5.73. The van der Waals surface area contributed by atoms with Crippen molar-refractivity contribution in [2.24, 2.45) is 0 Å². The van der Waals surface area contributed by atoms with E-state index >= 15 is 0 Å². The van der Waals surface area contributed by atoms with E-state index in [4.69, 9.17) is 9.84 Å². The average molecular weight is 455 g/mol. The van der Waals surface area contributed by atoms with Gasteiger partial charge in [-0.25, -0.2) is 0 Å². The van der Waals surface area contributed by atoms with Gasteiger partial charge in [-0.1, -0.05) is 48.4 Å². The Kier molecular flexibility index (Phi) is 6.82. The number of carboxylic acid groups (broad SMARTS) is 1. The topological polar surface area (TPSA) is 46.5 Å². The fraction of sp³-hybridized carbons (Fsp3) is 0.207. The predicted octanol–water partition coefficient (Wildman–Crippen LogP) is 7.35. The lowest BCUT2D eigenvalue weighted by molar-refractivity contribution is -0.137. The van der Waals surface area contributed by atoms with Crippen molar-refractivity contribution in [1.29, 1.82) is 0 Å². The Morgan fingerprint density at radius 3 is 2.52 bits per heavy atom. The van der Waals surface area contributed by atoms with Crippen molar-refractivity contribution in [3.63, 3.8) is 0 Å². The van der Waals surface area contributed by atoms with E-state index in [-0.39, 0.29) is 12.3 Å². The molecule has 0 spiro atoms. The normalized spacial score (nSPS) is 11.6. The zero-order chi connectivity index (χ0) is 23.4. The van der Waals surface area contributed by atoms with Crippen molar-refractivity contribution < 1.29 is 14.6 Å². The molecule has 166 valence electrons. The molecular weight excluding hydrogens is 428 g/mol. The van der Waals surface area contributed by atoms with E-state index in [9.17, 15) is 4.79 Å². The summed E-state index contributed by atoms with van der Waals surface area (Å²) in [5.74, 6) is 5.38. The maximum Gasteiger partial charge on any atom is 0.304 e. The summed E-state index contributed by atoms with van der Waals surface area (Å²) < 4.78 is 7.32. The maximum absolute atomic E-state index is 11.1. The third-order valence-corrected chi connectivity index (χ3v) is 6.81. The van der Waals surface area contributed by atoms with Gasteiger partial charge in [-0.05, 0) is 67.3 Å². The number of aliphatic carboxylic acids is 1. The Morgan fingerprint density at radius 2 is 1.82 bits per heavy atom. The molecule has 4 heteroatoms. The molecule has 1 heterocycles. The van der Waals surface area contributed by atoms with Gasteiger partial charge in [0.2, 0.25) is 0 Å². The van der Waals surface area contributed by atoms with Crippen LogP contribution in [0.15, 0.2) is 66.7 Å². The summed E-state index contributed by atoms with van der Waals surface area (Å²) in [5.41, 5.74) is 5.86. The summed E-state index contributed by atoms with van der Waals surface area (Å²) in [6.07, 6.45) is -0.00959. The van der Waals surface area contributed by atoms with E-state index in [1.54, 1.807) is 6.92 Å². The lowest BCUT2D eigenvalue weighted by Gasteiger charge is -2.11. The number of ether oxygens (including phenoxy) is 1. The van der Waals surface area contributed by atoms with Crippen LogP contribution in [-0.4, -0.2) is 11.1 Å². The van der Waals surface area contributed by atoms with Crippen molar-refractivity contribution in [1.82, 2.24) is 0 Å². The number of hydrogen-bond acceptors (Lipinski definition) is 3. The number of rotatable bonds is 7. The minimum Gasteiger partial charge on any atom is -0.489 e. The van der Waals surface area contributed by atoms with Crippen LogP contribution in [0, 0.1) is 25.7 Å². The molecule has 0 saturated heterocycles. The van der Waals surface area contributed by atoms with Crippen molar-refractivity contribution in [3.8, 4) is 28.7 Å².